The average Bonchev–Trinajstić information content (AvgIpc) is 2.33. The third-order valence-electron chi connectivity index (χ3n) is 2.30. The first kappa shape index (κ1) is 17.6. The van der Waals surface area contributed by atoms with E-state index in [2.05, 4.69) is 21.2 Å². The van der Waals surface area contributed by atoms with Gasteiger partial charge in [-0.2, -0.15) is 0 Å². The molecular formula is C15H18BrF2NO2. The maximum absolute atomic E-state index is 13.3. The van der Waals surface area contributed by atoms with Crippen molar-refractivity contribution in [3.8, 4) is 0 Å². The van der Waals surface area contributed by atoms with Crippen molar-refractivity contribution in [2.45, 2.75) is 32.8 Å². The van der Waals surface area contributed by atoms with Crippen molar-refractivity contribution in [1.29, 1.82) is 0 Å². The second-order valence-electron chi connectivity index (χ2n) is 5.42. The van der Waals surface area contributed by atoms with Crippen molar-refractivity contribution < 1.29 is 18.3 Å². The van der Waals surface area contributed by atoms with Gasteiger partial charge in [-0.05, 0) is 60.8 Å². The van der Waals surface area contributed by atoms with Gasteiger partial charge in [-0.25, -0.2) is 13.6 Å². The van der Waals surface area contributed by atoms with E-state index in [4.69, 9.17) is 4.74 Å². The Labute approximate surface area is 131 Å². The van der Waals surface area contributed by atoms with E-state index in [0.29, 0.717) is 18.5 Å². The summed E-state index contributed by atoms with van der Waals surface area (Å²) >= 11 is 2.81. The first-order valence-corrected chi connectivity index (χ1v) is 7.26. The summed E-state index contributed by atoms with van der Waals surface area (Å²) in [4.78, 5) is 11.4. The van der Waals surface area contributed by atoms with Crippen molar-refractivity contribution in [2.75, 3.05) is 6.54 Å². The van der Waals surface area contributed by atoms with E-state index in [-0.39, 0.29) is 4.47 Å². The molecule has 0 bridgehead atoms. The number of rotatable bonds is 4. The molecule has 1 rings (SSSR count). The summed E-state index contributed by atoms with van der Waals surface area (Å²) < 4.78 is 31.5. The third kappa shape index (κ3) is 6.71. The van der Waals surface area contributed by atoms with Gasteiger partial charge in [-0.3, -0.25) is 0 Å². The molecule has 21 heavy (non-hydrogen) atoms. The summed E-state index contributed by atoms with van der Waals surface area (Å²) in [6, 6.07) is 2.45. The molecule has 0 saturated heterocycles. The van der Waals surface area contributed by atoms with E-state index < -0.39 is 23.3 Å². The predicted molar refractivity (Wildman–Crippen MR) is 81.9 cm³/mol. The molecule has 1 aromatic carbocycles. The van der Waals surface area contributed by atoms with Crippen LogP contribution in [0.3, 0.4) is 0 Å². The van der Waals surface area contributed by atoms with Crippen LogP contribution < -0.4 is 5.32 Å². The average molecular weight is 362 g/mol. The van der Waals surface area contributed by atoms with Crippen molar-refractivity contribution in [1.82, 2.24) is 5.32 Å². The fourth-order valence-corrected chi connectivity index (χ4v) is 1.69. The van der Waals surface area contributed by atoms with Gasteiger partial charge in [-0.15, -0.1) is 0 Å². The molecule has 116 valence electrons. The largest absolute Gasteiger partial charge is 0.444 e. The number of nitrogens with one attached hydrogen (secondary N) is 1. The summed E-state index contributed by atoms with van der Waals surface area (Å²) in [5.41, 5.74) is -0.114. The quantitative estimate of drug-likeness (QED) is 0.625. The number of carbonyl (C=O) groups is 1. The smallest absolute Gasteiger partial charge is 0.407 e. The number of carbonyl (C=O) groups excluding carboxylic acids is 1. The Balaban J connectivity index is 2.41. The van der Waals surface area contributed by atoms with Gasteiger partial charge >= 0.3 is 6.09 Å². The van der Waals surface area contributed by atoms with Crippen molar-refractivity contribution >= 4 is 28.1 Å². The molecule has 1 N–H and O–H groups in total. The number of halogens is 3. The van der Waals surface area contributed by atoms with Gasteiger partial charge in [0, 0.05) is 6.54 Å². The number of benzene rings is 1. The molecule has 0 aliphatic rings. The number of alkyl carbamates (subject to hydrolysis) is 1. The van der Waals surface area contributed by atoms with Gasteiger partial charge in [0.25, 0.3) is 0 Å². The van der Waals surface area contributed by atoms with Crippen LogP contribution in [-0.4, -0.2) is 18.2 Å². The standard InChI is InChI=1S/C15H18BrF2NO2/c1-15(2,3)21-14(20)19-7-5-4-6-10-8-11(17)13(16)12(18)9-10/h4,6,8-9H,5,7H2,1-3H3,(H,19,20). The maximum Gasteiger partial charge on any atom is 0.407 e. The Bertz CT molecular complexity index is 516. The number of hydrogen-bond donors (Lipinski definition) is 1. The van der Waals surface area contributed by atoms with Crippen molar-refractivity contribution in [2.24, 2.45) is 0 Å². The first-order valence-electron chi connectivity index (χ1n) is 6.47. The van der Waals surface area contributed by atoms with Crippen LogP contribution in [-0.2, 0) is 4.74 Å². The number of hydrogen-bond acceptors (Lipinski definition) is 2. The molecule has 6 heteroatoms. The van der Waals surface area contributed by atoms with E-state index in [9.17, 15) is 13.6 Å². The van der Waals surface area contributed by atoms with E-state index in [1.54, 1.807) is 32.9 Å². The number of amides is 1. The molecule has 0 radical (unpaired) electrons. The van der Waals surface area contributed by atoms with Crippen LogP contribution in [0.5, 0.6) is 0 Å². The molecule has 0 fully saturated rings. The summed E-state index contributed by atoms with van der Waals surface area (Å²) in [5, 5.41) is 2.59. The van der Waals surface area contributed by atoms with Crippen LogP contribution in [0.25, 0.3) is 6.08 Å². The van der Waals surface area contributed by atoms with Gasteiger partial charge < -0.3 is 10.1 Å². The van der Waals surface area contributed by atoms with Crippen LogP contribution >= 0.6 is 15.9 Å². The van der Waals surface area contributed by atoms with Gasteiger partial charge in [0.05, 0.1) is 4.47 Å². The lowest BCUT2D eigenvalue weighted by Crippen LogP contribution is -2.32. The van der Waals surface area contributed by atoms with E-state index in [1.165, 1.54) is 12.1 Å². The summed E-state index contributed by atoms with van der Waals surface area (Å²) in [6.45, 7) is 5.72. The minimum atomic E-state index is -0.651. The topological polar surface area (TPSA) is 38.3 Å². The van der Waals surface area contributed by atoms with Crippen molar-refractivity contribution in [3.63, 3.8) is 0 Å². The molecule has 3 nitrogen and oxygen atoms in total. The minimum Gasteiger partial charge on any atom is -0.444 e. The molecule has 0 aliphatic heterocycles. The zero-order valence-corrected chi connectivity index (χ0v) is 13.8. The van der Waals surface area contributed by atoms with Crippen LogP contribution in [0.4, 0.5) is 13.6 Å². The second-order valence-corrected chi connectivity index (χ2v) is 6.21. The van der Waals surface area contributed by atoms with Gasteiger partial charge in [0.1, 0.15) is 17.2 Å². The zero-order valence-electron chi connectivity index (χ0n) is 12.2. The first-order chi connectivity index (χ1) is 9.69. The van der Waals surface area contributed by atoms with Gasteiger partial charge in [0.2, 0.25) is 0 Å². The highest BCUT2D eigenvalue weighted by Gasteiger charge is 2.15. The van der Waals surface area contributed by atoms with E-state index in [0.717, 1.165) is 0 Å². The second kappa shape index (κ2) is 7.54. The summed E-state index contributed by atoms with van der Waals surface area (Å²) in [5.74, 6) is -1.30. The molecule has 0 saturated carbocycles. The van der Waals surface area contributed by atoms with Crippen molar-refractivity contribution in [3.05, 3.63) is 39.9 Å². The minimum absolute atomic E-state index is 0.175. The van der Waals surface area contributed by atoms with Gasteiger partial charge in [-0.1, -0.05) is 12.2 Å². The lowest BCUT2D eigenvalue weighted by Gasteiger charge is -2.19. The number of ether oxygens (including phenoxy) is 1. The monoisotopic (exact) mass is 361 g/mol. The zero-order chi connectivity index (χ0) is 16.0. The fourth-order valence-electron chi connectivity index (χ4n) is 1.46. The normalized spacial score (nSPS) is 11.7. The fraction of sp³-hybridized carbons (Fsp3) is 0.400. The van der Waals surface area contributed by atoms with Gasteiger partial charge in [0.15, 0.2) is 0 Å². The lowest BCUT2D eigenvalue weighted by atomic mass is 10.2. The Kier molecular flexibility index (Phi) is 6.33. The molecular weight excluding hydrogens is 344 g/mol. The molecule has 1 amide bonds. The molecule has 0 heterocycles. The molecule has 0 atom stereocenters. The SMILES string of the molecule is CC(C)(C)OC(=O)NCCC=Cc1cc(F)c(Br)c(F)c1. The highest BCUT2D eigenvalue weighted by Crippen LogP contribution is 2.21. The maximum atomic E-state index is 13.3. The molecule has 0 aliphatic carbocycles. The highest BCUT2D eigenvalue weighted by atomic mass is 79.9. The summed E-state index contributed by atoms with van der Waals surface area (Å²) in [7, 11) is 0. The van der Waals surface area contributed by atoms with Crippen LogP contribution in [0.1, 0.15) is 32.8 Å². The van der Waals surface area contributed by atoms with Crippen LogP contribution in [0.2, 0.25) is 0 Å². The van der Waals surface area contributed by atoms with E-state index >= 15 is 0 Å². The Morgan fingerprint density at radius 2 is 1.90 bits per heavy atom. The Hall–Kier alpha value is -1.43. The summed E-state index contributed by atoms with van der Waals surface area (Å²) in [6.07, 6.45) is 3.35. The lowest BCUT2D eigenvalue weighted by molar-refractivity contribution is 0.0529. The molecule has 0 unspecified atom stereocenters. The van der Waals surface area contributed by atoms with Crippen LogP contribution in [0, 0.1) is 11.6 Å². The predicted octanol–water partition coefficient (Wildman–Crippen LogP) is 4.66. The molecule has 0 aromatic heterocycles. The Morgan fingerprint density at radius 3 is 2.43 bits per heavy atom. The van der Waals surface area contributed by atoms with Crippen LogP contribution in [0.15, 0.2) is 22.7 Å². The molecule has 1 aromatic rings. The highest BCUT2D eigenvalue weighted by molar-refractivity contribution is 9.10. The Morgan fingerprint density at radius 1 is 1.33 bits per heavy atom. The molecule has 0 spiro atoms. The van der Waals surface area contributed by atoms with E-state index in [1.807, 2.05) is 0 Å². The third-order valence-corrected chi connectivity index (χ3v) is 3.05.